The molecule has 1 saturated heterocycles. The lowest BCUT2D eigenvalue weighted by atomic mass is 10.2. The zero-order valence-electron chi connectivity index (χ0n) is 12.8. The van der Waals surface area contributed by atoms with Crippen LogP contribution in [0.25, 0.3) is 10.2 Å². The van der Waals surface area contributed by atoms with E-state index in [1.807, 2.05) is 13.8 Å². The van der Waals surface area contributed by atoms with E-state index in [1.165, 1.54) is 11.3 Å². The highest BCUT2D eigenvalue weighted by Gasteiger charge is 2.27. The van der Waals surface area contributed by atoms with E-state index in [1.54, 1.807) is 6.92 Å². The second kappa shape index (κ2) is 5.81. The minimum atomic E-state index is -0.614. The number of aryl methyl sites for hydroxylation is 2. The third-order valence-electron chi connectivity index (χ3n) is 3.93. The van der Waals surface area contributed by atoms with Crippen LogP contribution in [0, 0.1) is 13.8 Å². The molecule has 0 aromatic carbocycles. The van der Waals surface area contributed by atoms with Crippen LogP contribution in [-0.2, 0) is 14.3 Å². The van der Waals surface area contributed by atoms with Crippen molar-refractivity contribution in [2.24, 2.45) is 0 Å². The molecule has 3 heterocycles. The first kappa shape index (κ1) is 15.2. The maximum Gasteiger partial charge on any atom is 0.335 e. The van der Waals surface area contributed by atoms with E-state index in [-0.39, 0.29) is 5.56 Å². The molecular formula is C15H18N2O4S. The van der Waals surface area contributed by atoms with Gasteiger partial charge in [-0.25, -0.2) is 9.78 Å². The number of carbonyl (C=O) groups excluding carboxylic acids is 1. The van der Waals surface area contributed by atoms with Crippen LogP contribution in [0.15, 0.2) is 4.79 Å². The van der Waals surface area contributed by atoms with Gasteiger partial charge in [0.2, 0.25) is 0 Å². The summed E-state index contributed by atoms with van der Waals surface area (Å²) in [6.45, 7) is 6.15. The van der Waals surface area contributed by atoms with Crippen molar-refractivity contribution in [3.05, 3.63) is 26.6 Å². The number of carbonyl (C=O) groups is 1. The third kappa shape index (κ3) is 2.66. The van der Waals surface area contributed by atoms with Gasteiger partial charge in [-0.2, -0.15) is 0 Å². The van der Waals surface area contributed by atoms with Gasteiger partial charge in [-0.1, -0.05) is 0 Å². The SMILES string of the molecule is Cc1sc2nc([C@@H](C)OC(=O)[C@H]3CCCO3)[nH]c(=O)c2c1C. The number of esters is 1. The number of nitrogens with one attached hydrogen (secondary N) is 1. The molecule has 0 saturated carbocycles. The van der Waals surface area contributed by atoms with E-state index in [4.69, 9.17) is 9.47 Å². The Bertz CT molecular complexity index is 774. The molecule has 0 bridgehead atoms. The number of H-pyrrole nitrogens is 1. The summed E-state index contributed by atoms with van der Waals surface area (Å²) >= 11 is 1.47. The molecule has 2 aromatic heterocycles. The first-order valence-electron chi connectivity index (χ1n) is 7.29. The van der Waals surface area contributed by atoms with Crippen LogP contribution in [0.2, 0.25) is 0 Å². The molecule has 22 heavy (non-hydrogen) atoms. The topological polar surface area (TPSA) is 81.3 Å². The van der Waals surface area contributed by atoms with E-state index in [0.717, 1.165) is 16.9 Å². The fraction of sp³-hybridized carbons (Fsp3) is 0.533. The summed E-state index contributed by atoms with van der Waals surface area (Å²) in [5, 5.41) is 0.615. The van der Waals surface area contributed by atoms with Gasteiger partial charge in [0.15, 0.2) is 18.0 Å². The Morgan fingerprint density at radius 2 is 2.27 bits per heavy atom. The summed E-state index contributed by atoms with van der Waals surface area (Å²) in [5.74, 6) is -0.0311. The second-order valence-electron chi connectivity index (χ2n) is 5.50. The van der Waals surface area contributed by atoms with Gasteiger partial charge in [0.05, 0.1) is 5.39 Å². The van der Waals surface area contributed by atoms with Gasteiger partial charge in [0.1, 0.15) is 4.83 Å². The number of thiophene rings is 1. The number of hydrogen-bond donors (Lipinski definition) is 1. The maximum absolute atomic E-state index is 12.2. The summed E-state index contributed by atoms with van der Waals surface area (Å²) in [5.41, 5.74) is 0.756. The van der Waals surface area contributed by atoms with Crippen LogP contribution in [-0.4, -0.2) is 28.6 Å². The predicted octanol–water partition coefficient (Wildman–Crippen LogP) is 2.38. The smallest absolute Gasteiger partial charge is 0.335 e. The normalized spacial score (nSPS) is 19.5. The standard InChI is InChI=1S/C15H18N2O4S/c1-7-9(3)22-14-11(7)13(18)16-12(17-14)8(2)21-15(19)10-5-4-6-20-10/h8,10H,4-6H2,1-3H3,(H,16,17,18)/t8-,10-/m1/s1. The molecule has 1 fully saturated rings. The molecule has 0 radical (unpaired) electrons. The van der Waals surface area contributed by atoms with Crippen molar-refractivity contribution in [1.82, 2.24) is 9.97 Å². The Kier molecular flexibility index (Phi) is 4.01. The van der Waals surface area contributed by atoms with Crippen molar-refractivity contribution >= 4 is 27.5 Å². The number of ether oxygens (including phenoxy) is 2. The monoisotopic (exact) mass is 322 g/mol. The minimum Gasteiger partial charge on any atom is -0.453 e. The van der Waals surface area contributed by atoms with Crippen LogP contribution >= 0.6 is 11.3 Å². The van der Waals surface area contributed by atoms with Crippen LogP contribution in [0.1, 0.15) is 42.1 Å². The highest BCUT2D eigenvalue weighted by Crippen LogP contribution is 2.27. The fourth-order valence-electron chi connectivity index (χ4n) is 2.53. The number of fused-ring (bicyclic) bond motifs is 1. The van der Waals surface area contributed by atoms with Crippen molar-refractivity contribution in [3.63, 3.8) is 0 Å². The molecule has 1 aliphatic rings. The Morgan fingerprint density at radius 3 is 2.95 bits per heavy atom. The van der Waals surface area contributed by atoms with Crippen LogP contribution in [0.4, 0.5) is 0 Å². The van der Waals surface area contributed by atoms with Crippen molar-refractivity contribution in [3.8, 4) is 0 Å². The third-order valence-corrected chi connectivity index (χ3v) is 5.03. The zero-order chi connectivity index (χ0) is 15.9. The number of aromatic amines is 1. The van der Waals surface area contributed by atoms with Crippen LogP contribution in [0.3, 0.4) is 0 Å². The summed E-state index contributed by atoms with van der Waals surface area (Å²) in [7, 11) is 0. The van der Waals surface area contributed by atoms with Gasteiger partial charge in [0, 0.05) is 11.5 Å². The number of nitrogens with zero attached hydrogens (tertiary/aromatic N) is 1. The Morgan fingerprint density at radius 1 is 1.50 bits per heavy atom. The van der Waals surface area contributed by atoms with Crippen LogP contribution < -0.4 is 5.56 Å². The molecule has 1 aliphatic heterocycles. The summed E-state index contributed by atoms with van der Waals surface area (Å²) < 4.78 is 10.7. The number of hydrogen-bond acceptors (Lipinski definition) is 6. The molecule has 2 atom stereocenters. The fourth-order valence-corrected chi connectivity index (χ4v) is 3.57. The molecule has 0 unspecified atom stereocenters. The van der Waals surface area contributed by atoms with E-state index < -0.39 is 18.2 Å². The molecule has 118 valence electrons. The molecule has 0 aliphatic carbocycles. The van der Waals surface area contributed by atoms with E-state index in [9.17, 15) is 9.59 Å². The average Bonchev–Trinajstić information content (AvgIpc) is 3.08. The van der Waals surface area contributed by atoms with Crippen molar-refractivity contribution in [2.75, 3.05) is 6.61 Å². The van der Waals surface area contributed by atoms with Crippen molar-refractivity contribution in [1.29, 1.82) is 0 Å². The lowest BCUT2D eigenvalue weighted by molar-refractivity contribution is -0.159. The highest BCUT2D eigenvalue weighted by atomic mass is 32.1. The van der Waals surface area contributed by atoms with E-state index >= 15 is 0 Å². The summed E-state index contributed by atoms with van der Waals surface area (Å²) in [4.78, 5) is 33.1. The van der Waals surface area contributed by atoms with Gasteiger partial charge < -0.3 is 14.5 Å². The molecule has 2 aromatic rings. The summed E-state index contributed by atoms with van der Waals surface area (Å²) in [6, 6.07) is 0. The molecule has 6 nitrogen and oxygen atoms in total. The molecule has 3 rings (SSSR count). The van der Waals surface area contributed by atoms with Gasteiger partial charge in [-0.3, -0.25) is 4.79 Å². The van der Waals surface area contributed by atoms with Gasteiger partial charge in [-0.05, 0) is 39.2 Å². The minimum absolute atomic E-state index is 0.193. The van der Waals surface area contributed by atoms with Gasteiger partial charge >= 0.3 is 5.97 Å². The number of aromatic nitrogens is 2. The Labute approximate surface area is 131 Å². The average molecular weight is 322 g/mol. The van der Waals surface area contributed by atoms with Gasteiger partial charge in [-0.15, -0.1) is 11.3 Å². The van der Waals surface area contributed by atoms with E-state index in [0.29, 0.717) is 29.1 Å². The number of rotatable bonds is 3. The first-order chi connectivity index (χ1) is 10.5. The lowest BCUT2D eigenvalue weighted by Gasteiger charge is -2.15. The molecule has 1 N–H and O–H groups in total. The lowest BCUT2D eigenvalue weighted by Crippen LogP contribution is -2.25. The second-order valence-corrected chi connectivity index (χ2v) is 6.70. The molecule has 0 spiro atoms. The predicted molar refractivity (Wildman–Crippen MR) is 83.2 cm³/mol. The van der Waals surface area contributed by atoms with Gasteiger partial charge in [0.25, 0.3) is 5.56 Å². The first-order valence-corrected chi connectivity index (χ1v) is 8.11. The van der Waals surface area contributed by atoms with Crippen molar-refractivity contribution in [2.45, 2.75) is 45.8 Å². The molecule has 0 amide bonds. The van der Waals surface area contributed by atoms with E-state index in [2.05, 4.69) is 9.97 Å². The molecular weight excluding hydrogens is 304 g/mol. The molecule has 7 heteroatoms. The van der Waals surface area contributed by atoms with Crippen LogP contribution in [0.5, 0.6) is 0 Å². The van der Waals surface area contributed by atoms with Crippen molar-refractivity contribution < 1.29 is 14.3 Å². The quantitative estimate of drug-likeness (QED) is 0.878. The Balaban J connectivity index is 1.86. The largest absolute Gasteiger partial charge is 0.453 e. The zero-order valence-corrected chi connectivity index (χ0v) is 13.6. The Hall–Kier alpha value is -1.73. The maximum atomic E-state index is 12.2. The highest BCUT2D eigenvalue weighted by molar-refractivity contribution is 7.18. The summed E-state index contributed by atoms with van der Waals surface area (Å²) in [6.07, 6.45) is 0.432.